The van der Waals surface area contributed by atoms with Crippen LogP contribution in [-0.4, -0.2) is 20.4 Å². The van der Waals surface area contributed by atoms with E-state index in [1.54, 1.807) is 29.0 Å². The number of halogens is 3. The van der Waals surface area contributed by atoms with Crippen molar-refractivity contribution in [2.45, 2.75) is 6.42 Å². The monoisotopic (exact) mass is 353 g/mol. The first kappa shape index (κ1) is 13.5. The summed E-state index contributed by atoms with van der Waals surface area (Å²) in [6, 6.07) is 8.43. The van der Waals surface area contributed by atoms with E-state index in [1.165, 1.54) is 6.07 Å². The van der Waals surface area contributed by atoms with Crippen LogP contribution in [0.15, 0.2) is 41.0 Å². The van der Waals surface area contributed by atoms with E-state index >= 15 is 0 Å². The Morgan fingerprint density at radius 3 is 2.85 bits per heavy atom. The van der Waals surface area contributed by atoms with E-state index in [-0.39, 0.29) is 5.82 Å². The second kappa shape index (κ2) is 5.50. The normalized spacial score (nSPS) is 11.2. The number of imidazole rings is 1. The maximum absolute atomic E-state index is 14.1. The lowest BCUT2D eigenvalue weighted by Gasteiger charge is -2.08. The summed E-state index contributed by atoms with van der Waals surface area (Å²) in [7, 11) is 0. The molecule has 0 saturated carbocycles. The number of fused-ring (bicyclic) bond motifs is 1. The number of aryl methyl sites for hydroxylation is 1. The molecule has 0 amide bonds. The predicted molar refractivity (Wildman–Crippen MR) is 80.9 cm³/mol. The second-order valence-electron chi connectivity index (χ2n) is 4.25. The summed E-state index contributed by atoms with van der Waals surface area (Å²) in [4.78, 5) is 8.85. The van der Waals surface area contributed by atoms with Crippen molar-refractivity contribution in [3.05, 3.63) is 52.6 Å². The van der Waals surface area contributed by atoms with Crippen molar-refractivity contribution in [3.8, 4) is 5.69 Å². The summed E-state index contributed by atoms with van der Waals surface area (Å²) in [5.74, 6) is 0.803. The molecule has 20 heavy (non-hydrogen) atoms. The van der Waals surface area contributed by atoms with Gasteiger partial charge in [-0.3, -0.25) is 4.57 Å². The SMILES string of the molecule is Fc1ccccc1-n1c(CCCl)nc2cc(Br)cnc21. The molecule has 0 N–H and O–H groups in total. The quantitative estimate of drug-likeness (QED) is 0.663. The molecular formula is C14H10BrClFN3. The van der Waals surface area contributed by atoms with Crippen molar-refractivity contribution in [3.63, 3.8) is 0 Å². The third-order valence-electron chi connectivity index (χ3n) is 2.94. The zero-order valence-corrected chi connectivity index (χ0v) is 12.7. The molecular weight excluding hydrogens is 345 g/mol. The minimum absolute atomic E-state index is 0.313. The first-order valence-corrected chi connectivity index (χ1v) is 7.37. The van der Waals surface area contributed by atoms with Crippen LogP contribution in [0.4, 0.5) is 4.39 Å². The third-order valence-corrected chi connectivity index (χ3v) is 3.57. The van der Waals surface area contributed by atoms with Crippen molar-refractivity contribution in [1.82, 2.24) is 14.5 Å². The number of rotatable bonds is 3. The molecule has 6 heteroatoms. The van der Waals surface area contributed by atoms with E-state index in [0.29, 0.717) is 35.0 Å². The van der Waals surface area contributed by atoms with Crippen LogP contribution < -0.4 is 0 Å². The van der Waals surface area contributed by atoms with Gasteiger partial charge in [0, 0.05) is 23.0 Å². The Hall–Kier alpha value is -1.46. The topological polar surface area (TPSA) is 30.7 Å². The summed E-state index contributed by atoms with van der Waals surface area (Å²) in [6.07, 6.45) is 2.22. The van der Waals surface area contributed by atoms with Gasteiger partial charge in [0.2, 0.25) is 0 Å². The Morgan fingerprint density at radius 2 is 2.10 bits per heavy atom. The second-order valence-corrected chi connectivity index (χ2v) is 5.54. The number of alkyl halides is 1. The molecule has 0 aliphatic carbocycles. The van der Waals surface area contributed by atoms with Crippen LogP contribution in [0.2, 0.25) is 0 Å². The molecule has 0 saturated heterocycles. The molecule has 2 aromatic heterocycles. The molecule has 0 spiro atoms. The van der Waals surface area contributed by atoms with E-state index in [9.17, 15) is 4.39 Å². The van der Waals surface area contributed by atoms with Crippen molar-refractivity contribution >= 4 is 38.7 Å². The molecule has 3 nitrogen and oxygen atoms in total. The van der Waals surface area contributed by atoms with Crippen molar-refractivity contribution in [2.24, 2.45) is 0 Å². The van der Waals surface area contributed by atoms with E-state index in [0.717, 1.165) is 4.47 Å². The number of pyridine rings is 1. The molecule has 102 valence electrons. The Morgan fingerprint density at radius 1 is 1.30 bits per heavy atom. The standard InChI is InChI=1S/C14H10BrClFN3/c15-9-7-11-14(18-8-9)20(13(19-11)5-6-16)12-4-2-1-3-10(12)17/h1-4,7-8H,5-6H2. The smallest absolute Gasteiger partial charge is 0.164 e. The highest BCUT2D eigenvalue weighted by atomic mass is 79.9. The Labute approximate surface area is 128 Å². The lowest BCUT2D eigenvalue weighted by atomic mass is 10.3. The zero-order valence-electron chi connectivity index (χ0n) is 10.4. The van der Waals surface area contributed by atoms with Gasteiger partial charge in [0.25, 0.3) is 0 Å². The molecule has 3 rings (SSSR count). The summed E-state index contributed by atoms with van der Waals surface area (Å²) < 4.78 is 16.6. The highest BCUT2D eigenvalue weighted by molar-refractivity contribution is 9.10. The number of para-hydroxylation sites is 1. The summed E-state index contributed by atoms with van der Waals surface area (Å²) >= 11 is 9.18. The molecule has 0 unspecified atom stereocenters. The van der Waals surface area contributed by atoms with E-state index in [4.69, 9.17) is 11.6 Å². The largest absolute Gasteiger partial charge is 0.278 e. The molecule has 0 radical (unpaired) electrons. The Balaban J connectivity index is 2.32. The van der Waals surface area contributed by atoms with Crippen LogP contribution in [0.25, 0.3) is 16.9 Å². The van der Waals surface area contributed by atoms with Crippen LogP contribution in [0.3, 0.4) is 0 Å². The van der Waals surface area contributed by atoms with Gasteiger partial charge < -0.3 is 0 Å². The van der Waals surface area contributed by atoms with E-state index in [2.05, 4.69) is 25.9 Å². The first-order chi connectivity index (χ1) is 9.70. The third kappa shape index (κ3) is 2.31. The van der Waals surface area contributed by atoms with E-state index in [1.807, 2.05) is 6.07 Å². The fourth-order valence-electron chi connectivity index (χ4n) is 2.13. The molecule has 0 bridgehead atoms. The molecule has 0 atom stereocenters. The number of benzene rings is 1. The molecule has 3 aromatic rings. The van der Waals surface area contributed by atoms with Crippen LogP contribution in [-0.2, 0) is 6.42 Å². The average Bonchev–Trinajstić information content (AvgIpc) is 2.77. The fraction of sp³-hybridized carbons (Fsp3) is 0.143. The number of hydrogen-bond acceptors (Lipinski definition) is 2. The minimum Gasteiger partial charge on any atom is -0.278 e. The zero-order chi connectivity index (χ0) is 14.1. The Bertz CT molecular complexity index is 772. The molecule has 0 aliphatic rings. The van der Waals surface area contributed by atoms with Gasteiger partial charge in [0.1, 0.15) is 17.2 Å². The lowest BCUT2D eigenvalue weighted by Crippen LogP contribution is -2.05. The number of hydrogen-bond donors (Lipinski definition) is 0. The summed E-state index contributed by atoms with van der Waals surface area (Å²) in [6.45, 7) is 0. The maximum atomic E-state index is 14.1. The molecule has 2 heterocycles. The van der Waals surface area contributed by atoms with Gasteiger partial charge in [0.05, 0.1) is 5.69 Å². The van der Waals surface area contributed by atoms with Gasteiger partial charge in [-0.15, -0.1) is 11.6 Å². The van der Waals surface area contributed by atoms with Crippen LogP contribution in [0, 0.1) is 5.82 Å². The van der Waals surface area contributed by atoms with Crippen LogP contribution >= 0.6 is 27.5 Å². The Kier molecular flexibility index (Phi) is 3.72. The van der Waals surface area contributed by atoms with Crippen molar-refractivity contribution < 1.29 is 4.39 Å². The van der Waals surface area contributed by atoms with E-state index < -0.39 is 0 Å². The van der Waals surface area contributed by atoms with Crippen LogP contribution in [0.5, 0.6) is 0 Å². The van der Waals surface area contributed by atoms with Gasteiger partial charge in [-0.25, -0.2) is 14.4 Å². The molecule has 0 aliphatic heterocycles. The summed E-state index contributed by atoms with van der Waals surface area (Å²) in [5, 5.41) is 0. The average molecular weight is 355 g/mol. The maximum Gasteiger partial charge on any atom is 0.164 e. The number of nitrogens with zero attached hydrogens (tertiary/aromatic N) is 3. The van der Waals surface area contributed by atoms with Crippen molar-refractivity contribution in [1.29, 1.82) is 0 Å². The van der Waals surface area contributed by atoms with Gasteiger partial charge >= 0.3 is 0 Å². The van der Waals surface area contributed by atoms with Gasteiger partial charge in [-0.1, -0.05) is 12.1 Å². The van der Waals surface area contributed by atoms with Crippen LogP contribution in [0.1, 0.15) is 5.82 Å². The number of aromatic nitrogens is 3. The molecule has 0 fully saturated rings. The van der Waals surface area contributed by atoms with Gasteiger partial charge in [-0.2, -0.15) is 0 Å². The minimum atomic E-state index is -0.313. The highest BCUT2D eigenvalue weighted by Crippen LogP contribution is 2.24. The first-order valence-electron chi connectivity index (χ1n) is 6.04. The fourth-order valence-corrected chi connectivity index (χ4v) is 2.61. The lowest BCUT2D eigenvalue weighted by molar-refractivity contribution is 0.616. The van der Waals surface area contributed by atoms with Gasteiger partial charge in [-0.05, 0) is 34.1 Å². The predicted octanol–water partition coefficient (Wildman–Crippen LogP) is 4.10. The molecule has 1 aromatic carbocycles. The summed E-state index contributed by atoms with van der Waals surface area (Å²) in [5.41, 5.74) is 1.77. The highest BCUT2D eigenvalue weighted by Gasteiger charge is 2.15. The van der Waals surface area contributed by atoms with Gasteiger partial charge in [0.15, 0.2) is 5.65 Å². The van der Waals surface area contributed by atoms with Crippen molar-refractivity contribution in [2.75, 3.05) is 5.88 Å².